The molecule has 3 aromatic rings. The van der Waals surface area contributed by atoms with Gasteiger partial charge in [0, 0.05) is 45.4 Å². The van der Waals surface area contributed by atoms with Crippen LogP contribution in [-0.2, 0) is 4.79 Å². The van der Waals surface area contributed by atoms with E-state index in [-0.39, 0.29) is 1.43 Å². The number of aromatic nitrogens is 5. The summed E-state index contributed by atoms with van der Waals surface area (Å²) in [5.74, 6) is 2.29. The first-order valence-corrected chi connectivity index (χ1v) is 12.3. The van der Waals surface area contributed by atoms with Crippen molar-refractivity contribution in [2.24, 2.45) is 5.92 Å². The molecule has 0 radical (unpaired) electrons. The number of aryl methyl sites for hydroxylation is 2. The molecule has 1 aliphatic carbocycles. The minimum absolute atomic E-state index is 0. The lowest BCUT2D eigenvalue weighted by Crippen LogP contribution is -2.34. The van der Waals surface area contributed by atoms with Crippen molar-refractivity contribution >= 4 is 23.1 Å². The van der Waals surface area contributed by atoms with Gasteiger partial charge in [0.05, 0.1) is 5.69 Å². The van der Waals surface area contributed by atoms with Crippen LogP contribution in [0.2, 0.25) is 0 Å². The summed E-state index contributed by atoms with van der Waals surface area (Å²) in [4.78, 5) is 22.7. The van der Waals surface area contributed by atoms with Gasteiger partial charge in [-0.3, -0.25) is 9.20 Å². The summed E-state index contributed by atoms with van der Waals surface area (Å²) in [6.07, 6.45) is 12.4. The van der Waals surface area contributed by atoms with E-state index in [4.69, 9.17) is 0 Å². The first-order chi connectivity index (χ1) is 16.5. The van der Waals surface area contributed by atoms with Gasteiger partial charge in [0.2, 0.25) is 11.9 Å². The molecule has 1 N–H and O–H groups in total. The molecule has 182 valence electrons. The summed E-state index contributed by atoms with van der Waals surface area (Å²) in [6.45, 7) is 10.1. The Morgan fingerprint density at radius 1 is 1.09 bits per heavy atom. The van der Waals surface area contributed by atoms with Gasteiger partial charge >= 0.3 is 0 Å². The second kappa shape index (κ2) is 10.8. The smallest absolute Gasteiger partial charge is 0.225 e. The van der Waals surface area contributed by atoms with E-state index in [1.54, 1.807) is 13.2 Å². The van der Waals surface area contributed by atoms with Crippen molar-refractivity contribution in [1.82, 2.24) is 29.5 Å². The molecule has 0 spiro atoms. The van der Waals surface area contributed by atoms with E-state index in [0.29, 0.717) is 17.8 Å². The normalized spacial score (nSPS) is 16.3. The third kappa shape index (κ3) is 5.26. The second-order valence-corrected chi connectivity index (χ2v) is 9.18. The number of hydrogen-bond acceptors (Lipinski definition) is 6. The van der Waals surface area contributed by atoms with Crippen LogP contribution in [0.5, 0.6) is 0 Å². The maximum Gasteiger partial charge on any atom is 0.225 e. The van der Waals surface area contributed by atoms with Crippen molar-refractivity contribution in [3.63, 3.8) is 0 Å². The number of nitrogens with one attached hydrogen (secondary N) is 1. The zero-order valence-electron chi connectivity index (χ0n) is 20.5. The molecule has 8 nitrogen and oxygen atoms in total. The number of likely N-dealkylation sites (tertiary alicyclic amines) is 1. The molecule has 1 aliphatic heterocycles. The maximum atomic E-state index is 11.9. The second-order valence-electron chi connectivity index (χ2n) is 9.18. The number of nitrogens with zero attached hydrogens (tertiary/aromatic N) is 6. The Labute approximate surface area is 203 Å². The van der Waals surface area contributed by atoms with Crippen LogP contribution in [0, 0.1) is 19.8 Å². The Kier molecular flexibility index (Phi) is 7.55. The van der Waals surface area contributed by atoms with Crippen LogP contribution in [0.1, 0.15) is 69.0 Å². The highest BCUT2D eigenvalue weighted by Gasteiger charge is 2.27. The van der Waals surface area contributed by atoms with E-state index in [1.165, 1.54) is 32.1 Å². The Morgan fingerprint density at radius 2 is 1.82 bits per heavy atom. The molecule has 8 heteroatoms. The lowest BCUT2D eigenvalue weighted by molar-refractivity contribution is -0.135. The Balaban J connectivity index is 0.000000211. The largest absolute Gasteiger partial charge is 0.357 e. The number of pyridine rings is 1. The maximum absolute atomic E-state index is 11.9. The molecule has 2 fully saturated rings. The number of hydrogen-bond donors (Lipinski definition) is 1. The van der Waals surface area contributed by atoms with Crippen molar-refractivity contribution in [3.8, 4) is 0 Å². The van der Waals surface area contributed by atoms with Gasteiger partial charge in [-0.1, -0.05) is 25.8 Å². The van der Waals surface area contributed by atoms with Gasteiger partial charge in [0.1, 0.15) is 5.82 Å². The van der Waals surface area contributed by atoms with Crippen LogP contribution in [0.15, 0.2) is 31.1 Å². The molecule has 5 rings (SSSR count). The van der Waals surface area contributed by atoms with Crippen molar-refractivity contribution < 1.29 is 6.22 Å². The standard InChI is InChI=1S/C15H16N6.C11H19NO.H2/c1-9(13-7-17-15(16-4)18-10(13)2)12-5-6-14-20-19-11(3)21(14)8-12;13-11(12-8-4-5-9-12)10-6-2-1-3-7-10;/h5-8H,1H2,2-4H3,(H,16,17,18);10H,1-9H2;1H. The van der Waals surface area contributed by atoms with Gasteiger partial charge < -0.3 is 10.2 Å². The van der Waals surface area contributed by atoms with Gasteiger partial charge in [0.25, 0.3) is 0 Å². The van der Waals surface area contributed by atoms with Crippen molar-refractivity contribution in [1.29, 1.82) is 0 Å². The van der Waals surface area contributed by atoms with Crippen LogP contribution in [0.4, 0.5) is 5.95 Å². The van der Waals surface area contributed by atoms with Crippen molar-refractivity contribution in [3.05, 3.63) is 53.8 Å². The predicted octanol–water partition coefficient (Wildman–Crippen LogP) is 4.67. The number of amides is 1. The number of rotatable bonds is 4. The highest BCUT2D eigenvalue weighted by molar-refractivity contribution is 5.79. The van der Waals surface area contributed by atoms with E-state index >= 15 is 0 Å². The topological polar surface area (TPSA) is 88.3 Å². The van der Waals surface area contributed by atoms with Gasteiger partial charge in [-0.2, -0.15) is 0 Å². The summed E-state index contributed by atoms with van der Waals surface area (Å²) in [6, 6.07) is 3.91. The van der Waals surface area contributed by atoms with Crippen LogP contribution < -0.4 is 5.32 Å². The number of carbonyl (C=O) groups is 1. The zero-order chi connectivity index (χ0) is 24.1. The van der Waals surface area contributed by atoms with Crippen molar-refractivity contribution in [2.45, 2.75) is 58.8 Å². The van der Waals surface area contributed by atoms with E-state index in [1.807, 2.05) is 36.6 Å². The summed E-state index contributed by atoms with van der Waals surface area (Å²) in [7, 11) is 1.80. The zero-order valence-corrected chi connectivity index (χ0v) is 20.5. The van der Waals surface area contributed by atoms with E-state index in [0.717, 1.165) is 59.8 Å². The van der Waals surface area contributed by atoms with E-state index < -0.39 is 0 Å². The van der Waals surface area contributed by atoms with E-state index in [2.05, 4.69) is 37.0 Å². The number of anilines is 1. The van der Waals surface area contributed by atoms with E-state index in [9.17, 15) is 4.79 Å². The summed E-state index contributed by atoms with van der Waals surface area (Å²) in [5, 5.41) is 11.1. The minimum Gasteiger partial charge on any atom is -0.357 e. The summed E-state index contributed by atoms with van der Waals surface area (Å²) in [5.41, 5.74) is 4.51. The van der Waals surface area contributed by atoms with Crippen LogP contribution in [-0.4, -0.2) is 55.5 Å². The lowest BCUT2D eigenvalue weighted by Gasteiger charge is -2.25. The van der Waals surface area contributed by atoms with Gasteiger partial charge in [-0.15, -0.1) is 10.2 Å². The third-order valence-corrected chi connectivity index (χ3v) is 6.82. The quantitative estimate of drug-likeness (QED) is 0.605. The monoisotopic (exact) mass is 463 g/mol. The first kappa shape index (κ1) is 23.9. The van der Waals surface area contributed by atoms with Crippen LogP contribution >= 0.6 is 0 Å². The molecule has 0 unspecified atom stereocenters. The fourth-order valence-corrected chi connectivity index (χ4v) is 4.77. The summed E-state index contributed by atoms with van der Waals surface area (Å²) < 4.78 is 1.94. The van der Waals surface area contributed by atoms with Gasteiger partial charge in [-0.25, -0.2) is 9.97 Å². The minimum atomic E-state index is 0. The van der Waals surface area contributed by atoms with Gasteiger partial charge in [0.15, 0.2) is 5.65 Å². The molecule has 4 heterocycles. The fraction of sp³-hybridized carbons (Fsp3) is 0.500. The SMILES string of the molecule is C=C(c1ccc2nnc(C)n2c1)c1cnc(NC)nc1C.O=C(C1CCCCC1)N1CCCC1.[HH]. The van der Waals surface area contributed by atoms with Crippen LogP contribution in [0.25, 0.3) is 11.2 Å². The Morgan fingerprint density at radius 3 is 2.50 bits per heavy atom. The fourth-order valence-electron chi connectivity index (χ4n) is 4.77. The molecule has 0 bridgehead atoms. The highest BCUT2D eigenvalue weighted by Crippen LogP contribution is 2.27. The molecule has 1 saturated carbocycles. The molecular formula is C26H37N7O. The molecule has 1 saturated heterocycles. The third-order valence-electron chi connectivity index (χ3n) is 6.82. The highest BCUT2D eigenvalue weighted by atomic mass is 16.2. The first-order valence-electron chi connectivity index (χ1n) is 12.3. The summed E-state index contributed by atoms with van der Waals surface area (Å²) >= 11 is 0. The predicted molar refractivity (Wildman–Crippen MR) is 137 cm³/mol. The molecular weight excluding hydrogens is 426 g/mol. The molecule has 34 heavy (non-hydrogen) atoms. The molecule has 0 atom stereocenters. The Bertz CT molecular complexity index is 1160. The molecule has 1 amide bonds. The lowest BCUT2D eigenvalue weighted by atomic mass is 9.88. The number of carbonyl (C=O) groups excluding carboxylic acids is 1. The van der Waals surface area contributed by atoms with Crippen LogP contribution in [0.3, 0.4) is 0 Å². The molecule has 0 aromatic carbocycles. The average Bonchev–Trinajstić information content (AvgIpc) is 3.54. The average molecular weight is 464 g/mol. The number of fused-ring (bicyclic) bond motifs is 1. The molecule has 2 aliphatic rings. The van der Waals surface area contributed by atoms with Gasteiger partial charge in [-0.05, 0) is 62.8 Å². The Hall–Kier alpha value is -3.29. The van der Waals surface area contributed by atoms with Crippen molar-refractivity contribution in [2.75, 3.05) is 25.5 Å². The molecule has 3 aromatic heterocycles.